The highest BCUT2D eigenvalue weighted by molar-refractivity contribution is 7.89. The van der Waals surface area contributed by atoms with E-state index in [9.17, 15) is 22.8 Å². The van der Waals surface area contributed by atoms with Gasteiger partial charge in [-0.05, 0) is 43.3 Å². The molecule has 0 aliphatic carbocycles. The van der Waals surface area contributed by atoms with Gasteiger partial charge in [0.1, 0.15) is 4.90 Å². The molecule has 0 spiro atoms. The van der Waals surface area contributed by atoms with Crippen LogP contribution >= 0.6 is 11.6 Å². The first-order chi connectivity index (χ1) is 15.4. The largest absolute Gasteiger partial charge is 0.493 e. The zero-order valence-electron chi connectivity index (χ0n) is 18.4. The number of benzene rings is 2. The van der Waals surface area contributed by atoms with Gasteiger partial charge in [-0.15, -0.1) is 0 Å². The zero-order valence-corrected chi connectivity index (χ0v) is 20.0. The van der Waals surface area contributed by atoms with Crippen molar-refractivity contribution in [3.8, 4) is 11.5 Å². The smallest absolute Gasteiger partial charge is 0.344 e. The first kappa shape index (κ1) is 26.1. The number of methoxy groups -OCH3 is 1. The van der Waals surface area contributed by atoms with Crippen LogP contribution in [0.3, 0.4) is 0 Å². The summed E-state index contributed by atoms with van der Waals surface area (Å²) in [6.45, 7) is 0.278. The van der Waals surface area contributed by atoms with E-state index in [1.54, 1.807) is 0 Å². The van der Waals surface area contributed by atoms with Crippen molar-refractivity contribution in [3.63, 3.8) is 0 Å². The van der Waals surface area contributed by atoms with E-state index in [2.05, 4.69) is 5.32 Å². The summed E-state index contributed by atoms with van der Waals surface area (Å²) in [6, 6.07) is 8.44. The molecule has 2 aromatic rings. The molecule has 0 aromatic heterocycles. The van der Waals surface area contributed by atoms with E-state index in [-0.39, 0.29) is 32.9 Å². The molecular weight excluding hydrogens is 476 g/mol. The van der Waals surface area contributed by atoms with E-state index in [1.807, 2.05) is 0 Å². The van der Waals surface area contributed by atoms with Gasteiger partial charge >= 0.3 is 5.97 Å². The number of Topliss-reactive ketones (excluding diaryl/α,β-unsaturated/α-hetero) is 1. The molecule has 1 amide bonds. The number of carbonyl (C=O) groups is 3. The Bertz CT molecular complexity index is 1160. The summed E-state index contributed by atoms with van der Waals surface area (Å²) in [5.41, 5.74) is 0.578. The highest BCUT2D eigenvalue weighted by Gasteiger charge is 2.21. The molecule has 0 radical (unpaired) electrons. The number of ether oxygens (including phenoxy) is 3. The van der Waals surface area contributed by atoms with E-state index < -0.39 is 35.1 Å². The average Bonchev–Trinajstić information content (AvgIpc) is 2.77. The van der Waals surface area contributed by atoms with Crippen molar-refractivity contribution in [1.82, 2.24) is 4.31 Å². The van der Waals surface area contributed by atoms with Gasteiger partial charge in [0.15, 0.2) is 30.5 Å². The molecule has 0 fully saturated rings. The van der Waals surface area contributed by atoms with Crippen LogP contribution in [-0.4, -0.2) is 64.8 Å². The van der Waals surface area contributed by atoms with Crippen LogP contribution in [0.4, 0.5) is 5.69 Å². The fourth-order valence-corrected chi connectivity index (χ4v) is 3.90. The van der Waals surface area contributed by atoms with Crippen LogP contribution in [0.1, 0.15) is 17.3 Å². The number of esters is 1. The van der Waals surface area contributed by atoms with Gasteiger partial charge in [0, 0.05) is 25.3 Å². The van der Waals surface area contributed by atoms with Crippen molar-refractivity contribution in [2.45, 2.75) is 11.8 Å². The highest BCUT2D eigenvalue weighted by atomic mass is 35.5. The number of anilines is 1. The molecule has 2 rings (SSSR count). The average molecular weight is 499 g/mol. The summed E-state index contributed by atoms with van der Waals surface area (Å²) in [5.74, 6) is -1.19. The number of hydrogen-bond acceptors (Lipinski definition) is 8. The first-order valence-electron chi connectivity index (χ1n) is 9.45. The minimum atomic E-state index is -3.82. The molecule has 0 unspecified atom stereocenters. The Morgan fingerprint density at radius 1 is 1.03 bits per heavy atom. The number of halogens is 1. The standard InChI is InChI=1S/C21H23ClN2O8S/c1-13(25)14-5-8-17(18(9-14)30-4)31-12-21(27)32-11-20(26)23-15-6-7-16(22)19(10-15)33(28,29)24(2)3/h5-10H,11-12H2,1-4H3,(H,23,26). The van der Waals surface area contributed by atoms with Gasteiger partial charge in [0.2, 0.25) is 10.0 Å². The molecule has 0 heterocycles. The predicted molar refractivity (Wildman–Crippen MR) is 120 cm³/mol. The number of hydrogen-bond donors (Lipinski definition) is 1. The number of nitrogens with one attached hydrogen (secondary N) is 1. The summed E-state index contributed by atoms with van der Waals surface area (Å²) in [6.07, 6.45) is 0. The van der Waals surface area contributed by atoms with Crippen molar-refractivity contribution < 1.29 is 37.0 Å². The fourth-order valence-electron chi connectivity index (χ4n) is 2.50. The molecule has 1 N–H and O–H groups in total. The van der Waals surface area contributed by atoms with E-state index in [4.69, 9.17) is 25.8 Å². The SMILES string of the molecule is COc1cc(C(C)=O)ccc1OCC(=O)OCC(=O)Nc1ccc(Cl)c(S(=O)(=O)N(C)C)c1. The molecule has 0 aliphatic rings. The number of sulfonamides is 1. The normalized spacial score (nSPS) is 11.1. The summed E-state index contributed by atoms with van der Waals surface area (Å²) in [5, 5.41) is 2.43. The molecule has 178 valence electrons. The minimum absolute atomic E-state index is 0.00274. The Hall–Kier alpha value is -3.15. The molecule has 0 saturated heterocycles. The third-order valence-corrected chi connectivity index (χ3v) is 6.55. The molecule has 33 heavy (non-hydrogen) atoms. The maximum Gasteiger partial charge on any atom is 0.344 e. The molecule has 0 bridgehead atoms. The second-order valence-electron chi connectivity index (χ2n) is 6.85. The van der Waals surface area contributed by atoms with Crippen LogP contribution in [0.2, 0.25) is 5.02 Å². The van der Waals surface area contributed by atoms with Crippen molar-refractivity contribution in [2.24, 2.45) is 0 Å². The van der Waals surface area contributed by atoms with Gasteiger partial charge in [0.05, 0.1) is 12.1 Å². The maximum absolute atomic E-state index is 12.3. The van der Waals surface area contributed by atoms with Crippen molar-refractivity contribution >= 4 is 45.0 Å². The second-order valence-corrected chi connectivity index (χ2v) is 9.38. The topological polar surface area (TPSA) is 128 Å². The van der Waals surface area contributed by atoms with Gasteiger partial charge in [0.25, 0.3) is 5.91 Å². The highest BCUT2D eigenvalue weighted by Crippen LogP contribution is 2.28. The van der Waals surface area contributed by atoms with Gasteiger partial charge in [-0.1, -0.05) is 11.6 Å². The predicted octanol–water partition coefficient (Wildman–Crippen LogP) is 2.36. The fraction of sp³-hybridized carbons (Fsp3) is 0.286. The quantitative estimate of drug-likeness (QED) is 0.390. The van der Waals surface area contributed by atoms with E-state index in [0.717, 1.165) is 4.31 Å². The van der Waals surface area contributed by atoms with Crippen LogP contribution in [0.15, 0.2) is 41.3 Å². The van der Waals surface area contributed by atoms with Crippen LogP contribution in [0.25, 0.3) is 0 Å². The molecule has 0 saturated carbocycles. The van der Waals surface area contributed by atoms with Crippen LogP contribution < -0.4 is 14.8 Å². The molecule has 0 aliphatic heterocycles. The maximum atomic E-state index is 12.3. The first-order valence-corrected chi connectivity index (χ1v) is 11.3. The third kappa shape index (κ3) is 6.91. The Morgan fingerprint density at radius 3 is 2.33 bits per heavy atom. The second kappa shape index (κ2) is 11.1. The number of rotatable bonds is 10. The Balaban J connectivity index is 1.93. The summed E-state index contributed by atoms with van der Waals surface area (Å²) >= 11 is 5.97. The summed E-state index contributed by atoms with van der Waals surface area (Å²) < 4.78 is 41.0. The molecule has 12 heteroatoms. The number of nitrogens with zero attached hydrogens (tertiary/aromatic N) is 1. The summed E-state index contributed by atoms with van der Waals surface area (Å²) in [7, 11) is 0.276. The lowest BCUT2D eigenvalue weighted by atomic mass is 10.1. The number of carbonyl (C=O) groups excluding carboxylic acids is 3. The van der Waals surface area contributed by atoms with Gasteiger partial charge in [-0.3, -0.25) is 9.59 Å². The van der Waals surface area contributed by atoms with Crippen LogP contribution in [-0.2, 0) is 24.3 Å². The van der Waals surface area contributed by atoms with Gasteiger partial charge in [-0.2, -0.15) is 0 Å². The Labute approximate surface area is 196 Å². The van der Waals surface area contributed by atoms with Crippen molar-refractivity contribution in [2.75, 3.05) is 39.7 Å². The number of ketones is 1. The zero-order chi connectivity index (χ0) is 24.8. The third-order valence-electron chi connectivity index (χ3n) is 4.25. The Kier molecular flexibility index (Phi) is 8.80. The Morgan fingerprint density at radius 2 is 1.73 bits per heavy atom. The van der Waals surface area contributed by atoms with Crippen LogP contribution in [0, 0.1) is 0 Å². The van der Waals surface area contributed by atoms with E-state index in [0.29, 0.717) is 5.56 Å². The van der Waals surface area contributed by atoms with E-state index >= 15 is 0 Å². The molecular formula is C21H23ClN2O8S. The summed E-state index contributed by atoms with van der Waals surface area (Å²) in [4.78, 5) is 35.3. The lowest BCUT2D eigenvalue weighted by Gasteiger charge is -2.14. The molecule has 2 aromatic carbocycles. The lowest BCUT2D eigenvalue weighted by molar-refractivity contribution is -0.149. The molecule has 0 atom stereocenters. The van der Waals surface area contributed by atoms with Crippen LogP contribution in [0.5, 0.6) is 11.5 Å². The molecule has 10 nitrogen and oxygen atoms in total. The monoisotopic (exact) mass is 498 g/mol. The van der Waals surface area contributed by atoms with Crippen molar-refractivity contribution in [1.29, 1.82) is 0 Å². The lowest BCUT2D eigenvalue weighted by Crippen LogP contribution is -2.24. The minimum Gasteiger partial charge on any atom is -0.493 e. The van der Waals surface area contributed by atoms with Crippen molar-refractivity contribution in [3.05, 3.63) is 47.0 Å². The van der Waals surface area contributed by atoms with Gasteiger partial charge in [-0.25, -0.2) is 17.5 Å². The number of amides is 1. The van der Waals surface area contributed by atoms with Gasteiger partial charge < -0.3 is 19.5 Å². The van der Waals surface area contributed by atoms with E-state index in [1.165, 1.54) is 64.5 Å².